The van der Waals surface area contributed by atoms with Gasteiger partial charge >= 0.3 is 0 Å². The van der Waals surface area contributed by atoms with Gasteiger partial charge in [-0.2, -0.15) is 0 Å². The zero-order chi connectivity index (χ0) is 23.4. The Hall–Kier alpha value is -1.09. The number of hydrogen-bond donors (Lipinski definition) is 3. The minimum absolute atomic E-state index is 0.105. The number of aldehydes is 1. The van der Waals surface area contributed by atoms with Crippen LogP contribution in [-0.4, -0.2) is 35.0 Å². The van der Waals surface area contributed by atoms with Crippen LogP contribution in [0.4, 0.5) is 0 Å². The van der Waals surface area contributed by atoms with Gasteiger partial charge in [0.15, 0.2) is 0 Å². The first kappa shape index (κ1) is 26.2. The number of hydrogen-bond acceptors (Lipinski definition) is 4. The van der Waals surface area contributed by atoms with Crippen molar-refractivity contribution in [3.63, 3.8) is 0 Å². The van der Waals surface area contributed by atoms with Gasteiger partial charge in [-0.15, -0.1) is 0 Å². The van der Waals surface area contributed by atoms with Gasteiger partial charge in [0.25, 0.3) is 0 Å². The third kappa shape index (κ3) is 6.94. The second-order valence-corrected chi connectivity index (χ2v) is 12.0. The van der Waals surface area contributed by atoms with E-state index in [1.54, 1.807) is 26.0 Å². The number of carbonyl (C=O) groups excluding carboxylic acids is 2. The molecule has 6 unspecified atom stereocenters. The third-order valence-corrected chi connectivity index (χ3v) is 8.46. The molecule has 0 radical (unpaired) electrons. The lowest BCUT2D eigenvalue weighted by Gasteiger charge is -2.49. The fraction of sp³-hybridized carbons (Fsp3) is 0.652. The van der Waals surface area contributed by atoms with Crippen LogP contribution in [-0.2, 0) is 20.6 Å². The summed E-state index contributed by atoms with van der Waals surface area (Å²) in [6.07, 6.45) is 5.22. The molecule has 8 heteroatoms. The molecule has 31 heavy (non-hydrogen) atoms. The number of nitrogens with two attached hydrogens (primary N) is 1. The van der Waals surface area contributed by atoms with Gasteiger partial charge in [-0.1, -0.05) is 29.8 Å². The highest BCUT2D eigenvalue weighted by Crippen LogP contribution is 2.50. The number of halogens is 1. The second-order valence-electron chi connectivity index (χ2n) is 9.89. The lowest BCUT2D eigenvalue weighted by atomic mass is 9.57. The molecule has 0 aromatic heterocycles. The Bertz CT molecular complexity index is 800. The van der Waals surface area contributed by atoms with Crippen LogP contribution in [0.5, 0.6) is 0 Å². The number of nitrogens with one attached hydrogen (secondary N) is 2. The second kappa shape index (κ2) is 10.7. The Morgan fingerprint density at radius 2 is 1.87 bits per heavy atom. The number of amides is 1. The van der Waals surface area contributed by atoms with Gasteiger partial charge in [-0.05, 0) is 88.6 Å². The molecular formula is C23H36BrN3O3S. The summed E-state index contributed by atoms with van der Waals surface area (Å²) in [4.78, 5) is 22.9. The van der Waals surface area contributed by atoms with Crippen molar-refractivity contribution in [2.24, 2.45) is 28.9 Å². The average molecular weight is 515 g/mol. The number of primary amides is 1. The molecule has 4 N–H and O–H groups in total. The fourth-order valence-corrected chi connectivity index (χ4v) is 6.38. The van der Waals surface area contributed by atoms with Gasteiger partial charge in [0.05, 0.1) is 10.4 Å². The first-order valence-electron chi connectivity index (χ1n) is 10.8. The van der Waals surface area contributed by atoms with E-state index in [0.29, 0.717) is 22.8 Å². The van der Waals surface area contributed by atoms with E-state index in [-0.39, 0.29) is 11.3 Å². The van der Waals surface area contributed by atoms with Gasteiger partial charge in [-0.25, -0.2) is 8.93 Å². The number of fused-ring (bicyclic) bond motifs is 2. The Kier molecular flexibility index (Phi) is 9.02. The topological polar surface area (TPSA) is 101 Å². The van der Waals surface area contributed by atoms with Crippen molar-refractivity contribution in [2.75, 3.05) is 7.05 Å². The van der Waals surface area contributed by atoms with E-state index in [4.69, 9.17) is 5.73 Å². The van der Waals surface area contributed by atoms with Crippen LogP contribution in [0.2, 0.25) is 0 Å². The van der Waals surface area contributed by atoms with Gasteiger partial charge in [0, 0.05) is 15.9 Å². The molecule has 0 spiro atoms. The maximum absolute atomic E-state index is 11.8. The van der Waals surface area contributed by atoms with Crippen LogP contribution in [0, 0.1) is 23.2 Å². The van der Waals surface area contributed by atoms with E-state index >= 15 is 0 Å². The summed E-state index contributed by atoms with van der Waals surface area (Å²) in [5.41, 5.74) is 4.53. The predicted octanol–water partition coefficient (Wildman–Crippen LogP) is 3.56. The summed E-state index contributed by atoms with van der Waals surface area (Å²) in [5, 5.41) is 3.43. The molecule has 174 valence electrons. The molecule has 2 aliphatic carbocycles. The predicted molar refractivity (Wildman–Crippen MR) is 129 cm³/mol. The van der Waals surface area contributed by atoms with Crippen molar-refractivity contribution < 1.29 is 13.8 Å². The summed E-state index contributed by atoms with van der Waals surface area (Å²) in [5.74, 6) is 1.96. The molecule has 3 rings (SSSR count). The molecule has 1 aromatic carbocycles. The van der Waals surface area contributed by atoms with Gasteiger partial charge in [-0.3, -0.25) is 4.79 Å². The van der Waals surface area contributed by atoms with E-state index in [0.717, 1.165) is 29.5 Å². The van der Waals surface area contributed by atoms with Crippen LogP contribution >= 0.6 is 15.9 Å². The lowest BCUT2D eigenvalue weighted by Crippen LogP contribution is -2.52. The van der Waals surface area contributed by atoms with Crippen molar-refractivity contribution >= 4 is 39.1 Å². The molecule has 6 atom stereocenters. The highest BCUT2D eigenvalue weighted by atomic mass is 79.9. The monoisotopic (exact) mass is 513 g/mol. The van der Waals surface area contributed by atoms with Crippen LogP contribution < -0.4 is 15.8 Å². The number of benzene rings is 1. The lowest BCUT2D eigenvalue weighted by molar-refractivity contribution is -0.132. The molecule has 6 nitrogen and oxygen atoms in total. The van der Waals surface area contributed by atoms with Gasteiger partial charge in [0.2, 0.25) is 5.91 Å². The van der Waals surface area contributed by atoms with E-state index in [1.807, 2.05) is 19.2 Å². The van der Waals surface area contributed by atoms with Crippen molar-refractivity contribution in [3.8, 4) is 0 Å². The summed E-state index contributed by atoms with van der Waals surface area (Å²) in [6, 6.07) is 7.67. The highest BCUT2D eigenvalue weighted by molar-refractivity contribution is 9.10. The summed E-state index contributed by atoms with van der Waals surface area (Å²) in [7, 11) is 0.676. The molecule has 0 saturated heterocycles. The third-order valence-electron chi connectivity index (χ3n) is 6.52. The van der Waals surface area contributed by atoms with Gasteiger partial charge in [0.1, 0.15) is 17.3 Å². The van der Waals surface area contributed by atoms with Crippen LogP contribution in [0.3, 0.4) is 0 Å². The summed E-state index contributed by atoms with van der Waals surface area (Å²) in [6.45, 7) is 7.73. The van der Waals surface area contributed by atoms with Crippen LogP contribution in [0.15, 0.2) is 33.6 Å². The maximum Gasteiger partial charge on any atom is 0.223 e. The molecule has 2 fully saturated rings. The Labute approximate surface area is 197 Å². The molecule has 2 saturated carbocycles. The first-order valence-corrected chi connectivity index (χ1v) is 12.7. The SMILES string of the molecule is CC(C)(C=O)NS(=O)c1ccc(Br)cc1.CNC1C(C)CC2CC1CC(C)(C(N)=O)C2. The quantitative estimate of drug-likeness (QED) is 0.506. The Morgan fingerprint density at radius 1 is 1.26 bits per heavy atom. The summed E-state index contributed by atoms with van der Waals surface area (Å²) >= 11 is 3.29. The van der Waals surface area contributed by atoms with Crippen molar-refractivity contribution in [3.05, 3.63) is 28.7 Å². The van der Waals surface area contributed by atoms with E-state index in [1.165, 1.54) is 12.8 Å². The fourth-order valence-electron chi connectivity index (χ4n) is 5.09. The van der Waals surface area contributed by atoms with E-state index in [9.17, 15) is 13.8 Å². The zero-order valence-corrected chi connectivity index (χ0v) is 21.5. The molecule has 1 aromatic rings. The zero-order valence-electron chi connectivity index (χ0n) is 19.1. The Balaban J connectivity index is 0.000000221. The van der Waals surface area contributed by atoms with Crippen molar-refractivity contribution in [2.45, 2.75) is 69.9 Å². The molecule has 2 aliphatic rings. The molecule has 2 bridgehead atoms. The van der Waals surface area contributed by atoms with E-state index in [2.05, 4.69) is 39.8 Å². The minimum atomic E-state index is -1.36. The number of rotatable bonds is 6. The molecule has 0 aliphatic heterocycles. The van der Waals surface area contributed by atoms with Crippen LogP contribution in [0.25, 0.3) is 0 Å². The normalized spacial score (nSPS) is 31.2. The Morgan fingerprint density at radius 3 is 2.39 bits per heavy atom. The van der Waals surface area contributed by atoms with E-state index < -0.39 is 16.5 Å². The molecule has 1 amide bonds. The minimum Gasteiger partial charge on any atom is -0.369 e. The first-order chi connectivity index (χ1) is 14.4. The highest BCUT2D eigenvalue weighted by Gasteiger charge is 2.47. The largest absolute Gasteiger partial charge is 0.369 e. The smallest absolute Gasteiger partial charge is 0.223 e. The van der Waals surface area contributed by atoms with Crippen LogP contribution in [0.1, 0.15) is 53.4 Å². The van der Waals surface area contributed by atoms with Crippen molar-refractivity contribution in [1.29, 1.82) is 0 Å². The molecular weight excluding hydrogens is 478 g/mol. The van der Waals surface area contributed by atoms with Crippen molar-refractivity contribution in [1.82, 2.24) is 10.0 Å². The maximum atomic E-state index is 11.8. The standard InChI is InChI=1S/C13H24N2O.C10H12BrNO2S/c1-8-4-9-5-10(11(8)15-3)7-13(2,6-9)12(14)16;1-10(2,7-13)12-15(14)9-5-3-8(11)4-6-9/h8-11,15H,4-7H2,1-3H3,(H2,14,16);3-7,12H,1-2H3. The molecule has 0 heterocycles. The van der Waals surface area contributed by atoms with Gasteiger partial charge < -0.3 is 15.8 Å². The average Bonchev–Trinajstić information content (AvgIpc) is 2.68. The number of carbonyl (C=O) groups is 2. The summed E-state index contributed by atoms with van der Waals surface area (Å²) < 4.78 is 15.4.